The van der Waals surface area contributed by atoms with Gasteiger partial charge in [-0.3, -0.25) is 0 Å². The first-order chi connectivity index (χ1) is 16.5. The molecule has 0 radical (unpaired) electrons. The van der Waals surface area contributed by atoms with E-state index in [4.69, 9.17) is 14.5 Å². The van der Waals surface area contributed by atoms with Gasteiger partial charge in [0.05, 0.1) is 11.2 Å². The zero-order chi connectivity index (χ0) is 23.0. The van der Waals surface area contributed by atoms with Gasteiger partial charge >= 0.3 is 0 Å². The Hall–Kier alpha value is -3.27. The molecular weight excluding hydrogens is 434 g/mol. The van der Waals surface area contributed by atoms with Crippen LogP contribution < -0.4 is 10.1 Å². The van der Waals surface area contributed by atoms with Gasteiger partial charge in [0.2, 0.25) is 0 Å². The van der Waals surface area contributed by atoms with Crippen LogP contribution in [0.4, 0.5) is 5.82 Å². The van der Waals surface area contributed by atoms with Crippen molar-refractivity contribution in [2.75, 3.05) is 11.9 Å². The lowest BCUT2D eigenvalue weighted by atomic mass is 9.94. The summed E-state index contributed by atoms with van der Waals surface area (Å²) >= 11 is 0. The van der Waals surface area contributed by atoms with Crippen molar-refractivity contribution in [1.82, 2.24) is 19.5 Å². The van der Waals surface area contributed by atoms with Crippen LogP contribution >= 0.6 is 0 Å². The molecule has 1 saturated heterocycles. The SMILES string of the molecule is Cc1ncnc2c1ccn2[C@@H]1O[C@@H]2[C@@H](Oc3ccc4cc5c(nc4c3)NCC5)CC[C@]2(O)C1O. The van der Waals surface area contributed by atoms with E-state index < -0.39 is 30.1 Å². The number of nitrogens with zero attached hydrogens (tertiary/aromatic N) is 4. The van der Waals surface area contributed by atoms with Crippen LogP contribution in [-0.4, -0.2) is 60.2 Å². The molecule has 0 bridgehead atoms. The molecule has 4 aromatic rings. The molecule has 7 rings (SSSR count). The number of aromatic nitrogens is 4. The predicted molar refractivity (Wildman–Crippen MR) is 125 cm³/mol. The number of anilines is 1. The first kappa shape index (κ1) is 20.1. The second-order valence-electron chi connectivity index (χ2n) is 9.53. The summed E-state index contributed by atoms with van der Waals surface area (Å²) in [6.45, 7) is 2.82. The minimum atomic E-state index is -1.39. The molecule has 174 valence electrons. The van der Waals surface area contributed by atoms with Gasteiger partial charge in [-0.05, 0) is 56.0 Å². The standard InChI is InChI=1S/C25H25N5O4/c1-13-17-6-9-30(23(17)28-12-27-13)24-20(31)25(32)7-4-19(21(25)34-24)33-16-3-2-14-10-15-5-8-26-22(15)29-18(14)11-16/h2-3,6,9-12,19-21,24,31-32H,4-5,7-8H2,1H3,(H,26,29)/t19-,20?,21+,24+,25-/m0/s1. The largest absolute Gasteiger partial charge is 0.488 e. The number of ether oxygens (including phenoxy) is 2. The second-order valence-corrected chi connectivity index (χ2v) is 9.53. The Balaban J connectivity index is 1.18. The summed E-state index contributed by atoms with van der Waals surface area (Å²) in [4.78, 5) is 13.3. The monoisotopic (exact) mass is 459 g/mol. The third-order valence-electron chi connectivity index (χ3n) is 7.55. The molecule has 0 amide bonds. The van der Waals surface area contributed by atoms with Crippen LogP contribution in [0, 0.1) is 6.92 Å². The molecule has 1 saturated carbocycles. The minimum absolute atomic E-state index is 0.385. The zero-order valence-corrected chi connectivity index (χ0v) is 18.7. The highest BCUT2D eigenvalue weighted by atomic mass is 16.6. The molecule has 5 atom stereocenters. The summed E-state index contributed by atoms with van der Waals surface area (Å²) < 4.78 is 14.4. The first-order valence-electron chi connectivity index (χ1n) is 11.7. The molecule has 5 heterocycles. The number of aryl methyl sites for hydroxylation is 1. The molecule has 3 aliphatic rings. The Morgan fingerprint density at radius 3 is 3.06 bits per heavy atom. The number of hydrogen-bond acceptors (Lipinski definition) is 8. The van der Waals surface area contributed by atoms with Crippen LogP contribution in [0.1, 0.15) is 30.3 Å². The van der Waals surface area contributed by atoms with Crippen molar-refractivity contribution in [2.45, 2.75) is 56.3 Å². The Kier molecular flexibility index (Phi) is 4.21. The maximum atomic E-state index is 11.4. The average molecular weight is 460 g/mol. The number of pyridine rings is 1. The van der Waals surface area contributed by atoms with Gasteiger partial charge in [-0.15, -0.1) is 0 Å². The van der Waals surface area contributed by atoms with E-state index in [0.717, 1.165) is 40.8 Å². The molecule has 1 unspecified atom stereocenters. The fraction of sp³-hybridized carbons (Fsp3) is 0.400. The van der Waals surface area contributed by atoms with Gasteiger partial charge in [0.15, 0.2) is 6.23 Å². The number of fused-ring (bicyclic) bond motifs is 4. The second kappa shape index (κ2) is 7.11. The van der Waals surface area contributed by atoms with Gasteiger partial charge in [0, 0.05) is 29.6 Å². The molecule has 1 aliphatic carbocycles. The summed E-state index contributed by atoms with van der Waals surface area (Å²) in [5.74, 6) is 1.60. The first-order valence-corrected chi connectivity index (χ1v) is 11.7. The van der Waals surface area contributed by atoms with Crippen molar-refractivity contribution in [3.8, 4) is 5.75 Å². The van der Waals surface area contributed by atoms with Crippen LogP contribution in [0.5, 0.6) is 5.75 Å². The number of aliphatic hydroxyl groups is 2. The van der Waals surface area contributed by atoms with Crippen LogP contribution in [0.3, 0.4) is 0 Å². The van der Waals surface area contributed by atoms with Crippen molar-refractivity contribution in [3.05, 3.63) is 54.1 Å². The van der Waals surface area contributed by atoms with Gasteiger partial charge in [-0.1, -0.05) is 0 Å². The number of benzene rings is 1. The third-order valence-corrected chi connectivity index (χ3v) is 7.55. The molecule has 0 spiro atoms. The molecular formula is C25H25N5O4. The summed E-state index contributed by atoms with van der Waals surface area (Å²) in [7, 11) is 0. The Morgan fingerprint density at radius 1 is 1.24 bits per heavy atom. The molecule has 9 heteroatoms. The van der Waals surface area contributed by atoms with Crippen molar-refractivity contribution in [2.24, 2.45) is 0 Å². The highest BCUT2D eigenvalue weighted by Gasteiger charge is 2.62. The molecule has 2 fully saturated rings. The fourth-order valence-electron chi connectivity index (χ4n) is 5.72. The lowest BCUT2D eigenvalue weighted by molar-refractivity contribution is -0.0791. The average Bonchev–Trinajstić information content (AvgIpc) is 3.58. The number of aliphatic hydroxyl groups excluding tert-OH is 1. The van der Waals surface area contributed by atoms with Gasteiger partial charge in [-0.25, -0.2) is 15.0 Å². The number of hydrogen-bond donors (Lipinski definition) is 3. The molecule has 3 aromatic heterocycles. The van der Waals surface area contributed by atoms with Gasteiger partial charge in [-0.2, -0.15) is 0 Å². The zero-order valence-electron chi connectivity index (χ0n) is 18.7. The van der Waals surface area contributed by atoms with Gasteiger partial charge < -0.3 is 29.6 Å². The van der Waals surface area contributed by atoms with Crippen LogP contribution in [0.2, 0.25) is 0 Å². The van der Waals surface area contributed by atoms with E-state index >= 15 is 0 Å². The quantitative estimate of drug-likeness (QED) is 0.428. The van der Waals surface area contributed by atoms with Gasteiger partial charge in [0.25, 0.3) is 0 Å². The van der Waals surface area contributed by atoms with Crippen LogP contribution in [-0.2, 0) is 11.2 Å². The van der Waals surface area contributed by atoms with Gasteiger partial charge in [0.1, 0.15) is 47.5 Å². The third kappa shape index (κ3) is 2.81. The summed E-state index contributed by atoms with van der Waals surface area (Å²) in [6, 6.07) is 9.94. The topological polar surface area (TPSA) is 115 Å². The lowest BCUT2D eigenvalue weighted by Gasteiger charge is -2.26. The van der Waals surface area contributed by atoms with Crippen molar-refractivity contribution in [3.63, 3.8) is 0 Å². The highest BCUT2D eigenvalue weighted by Crippen LogP contribution is 2.48. The van der Waals surface area contributed by atoms with Crippen LogP contribution in [0.15, 0.2) is 42.9 Å². The van der Waals surface area contributed by atoms with Crippen molar-refractivity contribution in [1.29, 1.82) is 0 Å². The summed E-state index contributed by atoms with van der Waals surface area (Å²) in [5.41, 5.74) is 2.22. The number of rotatable bonds is 3. The van der Waals surface area contributed by atoms with Crippen molar-refractivity contribution >= 4 is 27.8 Å². The highest BCUT2D eigenvalue weighted by molar-refractivity contribution is 5.83. The maximum absolute atomic E-state index is 11.4. The normalized spacial score (nSPS) is 30.0. The van der Waals surface area contributed by atoms with Crippen molar-refractivity contribution < 1.29 is 19.7 Å². The van der Waals surface area contributed by atoms with E-state index in [1.54, 1.807) is 4.57 Å². The predicted octanol–water partition coefficient (Wildman–Crippen LogP) is 2.49. The van der Waals surface area contributed by atoms with E-state index in [0.29, 0.717) is 24.2 Å². The molecule has 3 N–H and O–H groups in total. The maximum Gasteiger partial charge on any atom is 0.164 e. The smallest absolute Gasteiger partial charge is 0.164 e. The lowest BCUT2D eigenvalue weighted by Crippen LogP contribution is -2.47. The fourth-order valence-corrected chi connectivity index (χ4v) is 5.72. The minimum Gasteiger partial charge on any atom is -0.488 e. The van der Waals surface area contributed by atoms with E-state index in [-0.39, 0.29) is 0 Å². The van der Waals surface area contributed by atoms with E-state index in [1.807, 2.05) is 37.4 Å². The van der Waals surface area contributed by atoms with E-state index in [2.05, 4.69) is 21.4 Å². The van der Waals surface area contributed by atoms with Crippen LogP contribution in [0.25, 0.3) is 21.9 Å². The number of nitrogens with one attached hydrogen (secondary N) is 1. The summed E-state index contributed by atoms with van der Waals surface area (Å²) in [6.07, 6.45) is 2.33. The Bertz CT molecular complexity index is 1440. The Labute approximate surface area is 195 Å². The van der Waals surface area contributed by atoms with E-state index in [9.17, 15) is 10.2 Å². The summed E-state index contributed by atoms with van der Waals surface area (Å²) in [5, 5.41) is 27.8. The molecule has 34 heavy (non-hydrogen) atoms. The Morgan fingerprint density at radius 2 is 2.15 bits per heavy atom. The van der Waals surface area contributed by atoms with E-state index in [1.165, 1.54) is 11.9 Å². The molecule has 2 aliphatic heterocycles. The molecule has 9 nitrogen and oxygen atoms in total. The molecule has 1 aromatic carbocycles.